The first-order chi connectivity index (χ1) is 9.86. The maximum Gasteiger partial charge on any atom is 0.144 e. The summed E-state index contributed by atoms with van der Waals surface area (Å²) in [5.41, 5.74) is 3.04. The zero-order chi connectivity index (χ0) is 13.8. The fourth-order valence-electron chi connectivity index (χ4n) is 2.09. The van der Waals surface area contributed by atoms with Crippen molar-refractivity contribution in [2.75, 3.05) is 11.9 Å². The van der Waals surface area contributed by atoms with E-state index in [1.54, 1.807) is 6.20 Å². The lowest BCUT2D eigenvalue weighted by Crippen LogP contribution is -2.05. The molecule has 0 amide bonds. The summed E-state index contributed by atoms with van der Waals surface area (Å²) < 4.78 is 2.08. The molecule has 1 N–H and O–H groups in total. The topological polar surface area (TPSA) is 55.6 Å². The Morgan fingerprint density at radius 3 is 2.80 bits per heavy atom. The van der Waals surface area contributed by atoms with Crippen molar-refractivity contribution in [3.8, 4) is 0 Å². The Kier molecular flexibility index (Phi) is 3.58. The number of hydrogen-bond acceptors (Lipinski definition) is 4. The SMILES string of the molecule is CCCNc1cnc(Cn2cnc3ccccc32)cn1. The second-order valence-electron chi connectivity index (χ2n) is 4.68. The molecule has 0 atom stereocenters. The number of nitrogens with one attached hydrogen (secondary N) is 1. The van der Waals surface area contributed by atoms with E-state index in [-0.39, 0.29) is 0 Å². The zero-order valence-electron chi connectivity index (χ0n) is 11.5. The lowest BCUT2D eigenvalue weighted by atomic mass is 10.3. The molecular formula is C15H17N5. The molecule has 0 aliphatic heterocycles. The molecule has 0 aliphatic rings. The van der Waals surface area contributed by atoms with Gasteiger partial charge in [0, 0.05) is 6.54 Å². The molecule has 2 heterocycles. The number of rotatable bonds is 5. The molecule has 0 unspecified atom stereocenters. The molecule has 5 heteroatoms. The normalized spacial score (nSPS) is 10.8. The van der Waals surface area contributed by atoms with Crippen molar-refractivity contribution in [2.24, 2.45) is 0 Å². The van der Waals surface area contributed by atoms with Gasteiger partial charge in [-0.1, -0.05) is 19.1 Å². The summed E-state index contributed by atoms with van der Waals surface area (Å²) in [6.45, 7) is 3.72. The highest BCUT2D eigenvalue weighted by atomic mass is 15.1. The molecule has 0 fully saturated rings. The van der Waals surface area contributed by atoms with Crippen molar-refractivity contribution in [1.29, 1.82) is 0 Å². The van der Waals surface area contributed by atoms with Crippen LogP contribution in [0.2, 0.25) is 0 Å². The molecule has 20 heavy (non-hydrogen) atoms. The minimum atomic E-state index is 0.682. The van der Waals surface area contributed by atoms with Crippen molar-refractivity contribution >= 4 is 16.9 Å². The number of para-hydroxylation sites is 2. The van der Waals surface area contributed by atoms with Gasteiger partial charge in [0.1, 0.15) is 5.82 Å². The van der Waals surface area contributed by atoms with Crippen molar-refractivity contribution in [1.82, 2.24) is 19.5 Å². The van der Waals surface area contributed by atoms with Crippen LogP contribution in [0.1, 0.15) is 19.0 Å². The molecule has 0 aliphatic carbocycles. The van der Waals surface area contributed by atoms with Crippen molar-refractivity contribution in [2.45, 2.75) is 19.9 Å². The van der Waals surface area contributed by atoms with E-state index < -0.39 is 0 Å². The fraction of sp³-hybridized carbons (Fsp3) is 0.267. The van der Waals surface area contributed by atoms with Gasteiger partial charge in [-0.3, -0.25) is 4.98 Å². The average molecular weight is 267 g/mol. The standard InChI is InChI=1S/C15H17N5/c1-2-7-16-15-9-17-12(8-18-15)10-20-11-19-13-5-3-4-6-14(13)20/h3-6,8-9,11H,2,7,10H2,1H3,(H,16,18). The van der Waals surface area contributed by atoms with Crippen LogP contribution < -0.4 is 5.32 Å². The number of fused-ring (bicyclic) bond motifs is 1. The highest BCUT2D eigenvalue weighted by Gasteiger charge is 2.03. The number of aromatic nitrogens is 4. The summed E-state index contributed by atoms with van der Waals surface area (Å²) >= 11 is 0. The highest BCUT2D eigenvalue weighted by molar-refractivity contribution is 5.74. The first-order valence-corrected chi connectivity index (χ1v) is 6.81. The van der Waals surface area contributed by atoms with Crippen molar-refractivity contribution in [3.63, 3.8) is 0 Å². The van der Waals surface area contributed by atoms with E-state index in [0.717, 1.165) is 35.5 Å². The van der Waals surface area contributed by atoms with Crippen molar-refractivity contribution < 1.29 is 0 Å². The Hall–Kier alpha value is -2.43. The summed E-state index contributed by atoms with van der Waals surface area (Å²) in [5.74, 6) is 0.825. The van der Waals surface area contributed by atoms with Gasteiger partial charge in [0.25, 0.3) is 0 Å². The van der Waals surface area contributed by atoms with Crippen LogP contribution in [0.25, 0.3) is 11.0 Å². The van der Waals surface area contributed by atoms with Crippen LogP contribution in [-0.2, 0) is 6.54 Å². The summed E-state index contributed by atoms with van der Waals surface area (Å²) in [4.78, 5) is 13.2. The van der Waals surface area contributed by atoms with Crippen LogP contribution >= 0.6 is 0 Å². The number of hydrogen-bond donors (Lipinski definition) is 1. The zero-order valence-corrected chi connectivity index (χ0v) is 11.5. The highest BCUT2D eigenvalue weighted by Crippen LogP contribution is 2.13. The molecule has 5 nitrogen and oxygen atoms in total. The van der Waals surface area contributed by atoms with E-state index in [1.807, 2.05) is 30.7 Å². The van der Waals surface area contributed by atoms with E-state index in [0.29, 0.717) is 6.54 Å². The van der Waals surface area contributed by atoms with Gasteiger partial charge in [0.05, 0.1) is 42.0 Å². The van der Waals surface area contributed by atoms with Gasteiger partial charge in [-0.2, -0.15) is 0 Å². The van der Waals surface area contributed by atoms with E-state index in [2.05, 4.69) is 37.8 Å². The molecule has 0 saturated heterocycles. The minimum absolute atomic E-state index is 0.682. The van der Waals surface area contributed by atoms with Crippen LogP contribution in [0.3, 0.4) is 0 Å². The third kappa shape index (κ3) is 2.61. The maximum absolute atomic E-state index is 4.44. The van der Waals surface area contributed by atoms with Gasteiger partial charge in [0.2, 0.25) is 0 Å². The predicted molar refractivity (Wildman–Crippen MR) is 79.6 cm³/mol. The Balaban J connectivity index is 1.77. The van der Waals surface area contributed by atoms with E-state index in [1.165, 1.54) is 0 Å². The molecule has 0 bridgehead atoms. The third-order valence-corrected chi connectivity index (χ3v) is 3.12. The van der Waals surface area contributed by atoms with E-state index in [9.17, 15) is 0 Å². The second kappa shape index (κ2) is 5.69. The second-order valence-corrected chi connectivity index (χ2v) is 4.68. The molecule has 0 saturated carbocycles. The molecule has 3 aromatic rings. The number of nitrogens with zero attached hydrogens (tertiary/aromatic N) is 4. The van der Waals surface area contributed by atoms with Gasteiger partial charge >= 0.3 is 0 Å². The lowest BCUT2D eigenvalue weighted by Gasteiger charge is -2.06. The van der Waals surface area contributed by atoms with Crippen LogP contribution in [0, 0.1) is 0 Å². The quantitative estimate of drug-likeness (QED) is 0.772. The van der Waals surface area contributed by atoms with Crippen LogP contribution in [-0.4, -0.2) is 26.1 Å². The molecule has 0 radical (unpaired) electrons. The molecule has 3 rings (SSSR count). The third-order valence-electron chi connectivity index (χ3n) is 3.12. The van der Waals surface area contributed by atoms with Gasteiger partial charge in [-0.25, -0.2) is 9.97 Å². The Morgan fingerprint density at radius 2 is 2.00 bits per heavy atom. The van der Waals surface area contributed by atoms with Gasteiger partial charge < -0.3 is 9.88 Å². The molecule has 2 aromatic heterocycles. The molecule has 0 spiro atoms. The average Bonchev–Trinajstić information content (AvgIpc) is 2.90. The van der Waals surface area contributed by atoms with Gasteiger partial charge in [-0.15, -0.1) is 0 Å². The van der Waals surface area contributed by atoms with Crippen LogP contribution in [0.5, 0.6) is 0 Å². The molecular weight excluding hydrogens is 250 g/mol. The summed E-state index contributed by atoms with van der Waals surface area (Å²) in [5, 5.41) is 3.22. The van der Waals surface area contributed by atoms with Gasteiger partial charge in [0.15, 0.2) is 0 Å². The Labute approximate surface area is 117 Å². The smallest absolute Gasteiger partial charge is 0.144 e. The largest absolute Gasteiger partial charge is 0.369 e. The summed E-state index contributed by atoms with van der Waals surface area (Å²) in [6, 6.07) is 8.08. The number of benzene rings is 1. The van der Waals surface area contributed by atoms with Crippen LogP contribution in [0.15, 0.2) is 43.0 Å². The lowest BCUT2D eigenvalue weighted by molar-refractivity contribution is 0.790. The molecule has 1 aromatic carbocycles. The maximum atomic E-state index is 4.44. The minimum Gasteiger partial charge on any atom is -0.369 e. The number of anilines is 1. The fourth-order valence-corrected chi connectivity index (χ4v) is 2.09. The van der Waals surface area contributed by atoms with E-state index >= 15 is 0 Å². The molecule has 102 valence electrons. The van der Waals surface area contributed by atoms with E-state index in [4.69, 9.17) is 0 Å². The predicted octanol–water partition coefficient (Wildman–Crippen LogP) is 2.70. The summed E-state index contributed by atoms with van der Waals surface area (Å²) in [7, 11) is 0. The Morgan fingerprint density at radius 1 is 1.10 bits per heavy atom. The Bertz CT molecular complexity index is 687. The monoisotopic (exact) mass is 267 g/mol. The van der Waals surface area contributed by atoms with Crippen LogP contribution in [0.4, 0.5) is 5.82 Å². The number of imidazole rings is 1. The van der Waals surface area contributed by atoms with Crippen molar-refractivity contribution in [3.05, 3.63) is 48.7 Å². The summed E-state index contributed by atoms with van der Waals surface area (Å²) in [6.07, 6.45) is 6.51. The van der Waals surface area contributed by atoms with Gasteiger partial charge in [-0.05, 0) is 18.6 Å². The first-order valence-electron chi connectivity index (χ1n) is 6.81. The first kappa shape index (κ1) is 12.6.